The van der Waals surface area contributed by atoms with E-state index in [9.17, 15) is 4.79 Å². The van der Waals surface area contributed by atoms with Crippen molar-refractivity contribution in [3.63, 3.8) is 0 Å². The Kier molecular flexibility index (Phi) is 5.53. The molecule has 0 unspecified atom stereocenters. The van der Waals surface area contributed by atoms with Crippen molar-refractivity contribution in [2.24, 2.45) is 7.05 Å². The van der Waals surface area contributed by atoms with Crippen LogP contribution in [-0.4, -0.2) is 20.7 Å². The molecule has 0 saturated heterocycles. The van der Waals surface area contributed by atoms with Crippen LogP contribution in [0, 0.1) is 0 Å². The molecule has 1 aliphatic rings. The molecule has 0 spiro atoms. The molecule has 4 rings (SSSR count). The Bertz CT molecular complexity index is 967. The maximum atomic E-state index is 12.8. The number of nitrogens with one attached hydrogen (secondary N) is 1. The van der Waals surface area contributed by atoms with Gasteiger partial charge in [0.15, 0.2) is 5.16 Å². The zero-order valence-electron chi connectivity index (χ0n) is 16.3. The molecule has 1 amide bonds. The minimum absolute atomic E-state index is 0.0657. The van der Waals surface area contributed by atoms with Crippen molar-refractivity contribution < 1.29 is 4.79 Å². The van der Waals surface area contributed by atoms with Crippen molar-refractivity contribution in [3.8, 4) is 11.3 Å². The van der Waals surface area contributed by atoms with Gasteiger partial charge < -0.3 is 9.88 Å². The van der Waals surface area contributed by atoms with Gasteiger partial charge in [0.25, 0.3) is 0 Å². The Balaban J connectivity index is 1.44. The molecule has 0 saturated carbocycles. The fourth-order valence-electron chi connectivity index (χ4n) is 3.78. The number of aromatic nitrogens is 2. The maximum Gasteiger partial charge on any atom is 0.233 e. The minimum Gasteiger partial charge on any atom is -0.348 e. The van der Waals surface area contributed by atoms with Gasteiger partial charge in [-0.25, -0.2) is 4.98 Å². The molecule has 2 aromatic carbocycles. The fraction of sp³-hybridized carbons (Fsp3) is 0.304. The lowest BCUT2D eigenvalue weighted by molar-refractivity contribution is -0.121. The Morgan fingerprint density at radius 1 is 1.18 bits per heavy atom. The summed E-state index contributed by atoms with van der Waals surface area (Å²) >= 11 is 1.50. The summed E-state index contributed by atoms with van der Waals surface area (Å²) in [6.07, 6.45) is 5.09. The number of fused-ring (bicyclic) bond motifs is 1. The normalized spacial score (nSPS) is 17.0. The molecule has 144 valence electrons. The average Bonchev–Trinajstić information content (AvgIpc) is 3.09. The highest BCUT2D eigenvalue weighted by Gasteiger charge is 2.25. The molecule has 4 nitrogen and oxygen atoms in total. The monoisotopic (exact) mass is 391 g/mol. The second-order valence-electron chi connectivity index (χ2n) is 7.26. The van der Waals surface area contributed by atoms with Crippen molar-refractivity contribution in [2.75, 3.05) is 0 Å². The number of benzene rings is 2. The maximum absolute atomic E-state index is 12.8. The summed E-state index contributed by atoms with van der Waals surface area (Å²) in [5.41, 5.74) is 4.80. The van der Waals surface area contributed by atoms with Gasteiger partial charge in [0.1, 0.15) is 0 Å². The third kappa shape index (κ3) is 3.85. The van der Waals surface area contributed by atoms with Gasteiger partial charge in [0.2, 0.25) is 5.91 Å². The van der Waals surface area contributed by atoms with Gasteiger partial charge in [0, 0.05) is 7.05 Å². The Morgan fingerprint density at radius 2 is 1.93 bits per heavy atom. The first-order chi connectivity index (χ1) is 13.6. The number of imidazole rings is 1. The lowest BCUT2D eigenvalue weighted by Crippen LogP contribution is -2.36. The van der Waals surface area contributed by atoms with E-state index in [1.165, 1.54) is 22.9 Å². The van der Waals surface area contributed by atoms with Crippen molar-refractivity contribution >= 4 is 17.7 Å². The van der Waals surface area contributed by atoms with E-state index in [2.05, 4.69) is 51.3 Å². The van der Waals surface area contributed by atoms with Gasteiger partial charge >= 0.3 is 0 Å². The molecule has 2 atom stereocenters. The predicted octanol–water partition coefficient (Wildman–Crippen LogP) is 4.76. The molecular formula is C23H25N3OS. The molecule has 0 fully saturated rings. The molecule has 1 aliphatic carbocycles. The van der Waals surface area contributed by atoms with E-state index >= 15 is 0 Å². The van der Waals surface area contributed by atoms with Gasteiger partial charge in [0.05, 0.1) is 23.2 Å². The zero-order valence-corrected chi connectivity index (χ0v) is 17.1. The van der Waals surface area contributed by atoms with E-state index in [4.69, 9.17) is 0 Å². The largest absolute Gasteiger partial charge is 0.348 e. The van der Waals surface area contributed by atoms with Gasteiger partial charge in [-0.3, -0.25) is 4.79 Å². The minimum atomic E-state index is -0.209. The number of amides is 1. The second kappa shape index (κ2) is 8.23. The van der Waals surface area contributed by atoms with Crippen molar-refractivity contribution in [2.45, 2.75) is 42.6 Å². The van der Waals surface area contributed by atoms with E-state index in [-0.39, 0.29) is 17.2 Å². The SMILES string of the molecule is C[C@H](Sc1ncc(-c2ccccc2)n1C)C(=O)N[C@H]1CCCc2ccccc21. The zero-order chi connectivity index (χ0) is 19.5. The standard InChI is InChI=1S/C23H25N3OS/c1-16(22(27)25-20-14-8-12-17-9-6-7-13-19(17)20)28-23-24-15-21(26(23)2)18-10-4-3-5-11-18/h3-7,9-11,13,15-16,20H,8,12,14H2,1-2H3,(H,25,27)/t16-,20-/m0/s1. The van der Waals surface area contributed by atoms with Crippen LogP contribution in [0.4, 0.5) is 0 Å². The topological polar surface area (TPSA) is 46.9 Å². The van der Waals surface area contributed by atoms with Crippen LogP contribution >= 0.6 is 11.8 Å². The van der Waals surface area contributed by atoms with Crippen LogP contribution in [0.5, 0.6) is 0 Å². The summed E-state index contributed by atoms with van der Waals surface area (Å²) in [6.45, 7) is 1.95. The van der Waals surface area contributed by atoms with Crippen LogP contribution in [0.1, 0.15) is 36.9 Å². The van der Waals surface area contributed by atoms with E-state index in [0.717, 1.165) is 35.7 Å². The summed E-state index contributed by atoms with van der Waals surface area (Å²) in [6, 6.07) is 18.7. The van der Waals surface area contributed by atoms with E-state index in [1.807, 2.05) is 38.4 Å². The van der Waals surface area contributed by atoms with Crippen molar-refractivity contribution in [1.29, 1.82) is 0 Å². The number of nitrogens with zero attached hydrogens (tertiary/aromatic N) is 2. The highest BCUT2D eigenvalue weighted by Crippen LogP contribution is 2.31. The number of rotatable bonds is 5. The van der Waals surface area contributed by atoms with Crippen LogP contribution in [0.25, 0.3) is 11.3 Å². The third-order valence-electron chi connectivity index (χ3n) is 5.35. The Morgan fingerprint density at radius 3 is 2.75 bits per heavy atom. The fourth-order valence-corrected chi connectivity index (χ4v) is 4.65. The number of aryl methyl sites for hydroxylation is 1. The highest BCUT2D eigenvalue weighted by atomic mass is 32.2. The summed E-state index contributed by atoms with van der Waals surface area (Å²) in [4.78, 5) is 17.4. The predicted molar refractivity (Wildman–Crippen MR) is 114 cm³/mol. The van der Waals surface area contributed by atoms with Gasteiger partial charge in [-0.15, -0.1) is 0 Å². The summed E-state index contributed by atoms with van der Waals surface area (Å²) < 4.78 is 2.06. The van der Waals surface area contributed by atoms with Crippen molar-refractivity contribution in [1.82, 2.24) is 14.9 Å². The Hall–Kier alpha value is -2.53. The van der Waals surface area contributed by atoms with Crippen LogP contribution in [0.2, 0.25) is 0 Å². The molecular weight excluding hydrogens is 366 g/mol. The van der Waals surface area contributed by atoms with E-state index < -0.39 is 0 Å². The summed E-state index contributed by atoms with van der Waals surface area (Å²) in [5.74, 6) is 0.0657. The Labute approximate surface area is 170 Å². The molecule has 0 bridgehead atoms. The molecule has 28 heavy (non-hydrogen) atoms. The molecule has 1 N–H and O–H groups in total. The average molecular weight is 392 g/mol. The number of hydrogen-bond acceptors (Lipinski definition) is 3. The lowest BCUT2D eigenvalue weighted by Gasteiger charge is -2.27. The van der Waals surface area contributed by atoms with Crippen molar-refractivity contribution in [3.05, 3.63) is 71.9 Å². The third-order valence-corrected chi connectivity index (χ3v) is 6.51. The van der Waals surface area contributed by atoms with Crippen LogP contribution in [-0.2, 0) is 18.3 Å². The number of carbonyl (C=O) groups excluding carboxylic acids is 1. The van der Waals surface area contributed by atoms with Crippen LogP contribution < -0.4 is 5.32 Å². The lowest BCUT2D eigenvalue weighted by atomic mass is 9.88. The van der Waals surface area contributed by atoms with Crippen LogP contribution in [0.3, 0.4) is 0 Å². The number of carbonyl (C=O) groups is 1. The number of thioether (sulfide) groups is 1. The van der Waals surface area contributed by atoms with E-state index in [1.54, 1.807) is 0 Å². The first-order valence-corrected chi connectivity index (χ1v) is 10.6. The first kappa shape index (κ1) is 18.8. The quantitative estimate of drug-likeness (QED) is 0.638. The molecule has 1 aromatic heterocycles. The van der Waals surface area contributed by atoms with Gasteiger partial charge in [-0.05, 0) is 42.9 Å². The smallest absolute Gasteiger partial charge is 0.233 e. The van der Waals surface area contributed by atoms with Crippen LogP contribution in [0.15, 0.2) is 66.0 Å². The van der Waals surface area contributed by atoms with E-state index in [0.29, 0.717) is 0 Å². The highest BCUT2D eigenvalue weighted by molar-refractivity contribution is 8.00. The molecule has 1 heterocycles. The number of hydrogen-bond donors (Lipinski definition) is 1. The molecule has 0 radical (unpaired) electrons. The van der Waals surface area contributed by atoms with Gasteiger partial charge in [-0.2, -0.15) is 0 Å². The second-order valence-corrected chi connectivity index (χ2v) is 8.57. The summed E-state index contributed by atoms with van der Waals surface area (Å²) in [7, 11) is 2.00. The molecule has 3 aromatic rings. The first-order valence-electron chi connectivity index (χ1n) is 9.75. The summed E-state index contributed by atoms with van der Waals surface area (Å²) in [5, 5.41) is 3.90. The molecule has 5 heteroatoms. The molecule has 0 aliphatic heterocycles. The van der Waals surface area contributed by atoms with Gasteiger partial charge in [-0.1, -0.05) is 66.4 Å².